The number of urea groups is 1. The van der Waals surface area contributed by atoms with E-state index in [1.54, 1.807) is 4.90 Å². The number of hydrogen-bond acceptors (Lipinski definition) is 4. The fourth-order valence-electron chi connectivity index (χ4n) is 2.40. The molecular weight excluding hydrogens is 224 g/mol. The van der Waals surface area contributed by atoms with Crippen LogP contribution in [0, 0.1) is 5.41 Å². The van der Waals surface area contributed by atoms with Gasteiger partial charge in [0.25, 0.3) is 0 Å². The van der Waals surface area contributed by atoms with Gasteiger partial charge >= 0.3 is 6.03 Å². The van der Waals surface area contributed by atoms with Crippen molar-refractivity contribution in [2.45, 2.75) is 12.8 Å². The number of carbonyl (C=O) groups is 2. The highest BCUT2D eigenvalue weighted by Crippen LogP contribution is 2.36. The molecule has 2 rings (SSSR count). The summed E-state index contributed by atoms with van der Waals surface area (Å²) in [4.78, 5) is 37.6. The van der Waals surface area contributed by atoms with Crippen LogP contribution < -0.4 is 10.6 Å². The summed E-state index contributed by atoms with van der Waals surface area (Å²) in [7, 11) is 0. The van der Waals surface area contributed by atoms with E-state index in [0.717, 1.165) is 6.42 Å². The Morgan fingerprint density at radius 3 is 3.12 bits per heavy atom. The van der Waals surface area contributed by atoms with Crippen molar-refractivity contribution in [1.29, 1.82) is 0 Å². The summed E-state index contributed by atoms with van der Waals surface area (Å²) < 4.78 is 0. The van der Waals surface area contributed by atoms with Crippen LogP contribution in [0.2, 0.25) is 0 Å². The lowest BCUT2D eigenvalue weighted by atomic mass is 9.86. The molecule has 2 N–H and O–H groups in total. The number of likely N-dealkylation sites (tertiary alicyclic amines) is 1. The van der Waals surface area contributed by atoms with E-state index in [1.807, 2.05) is 0 Å². The van der Waals surface area contributed by atoms with Gasteiger partial charge in [0.2, 0.25) is 12.0 Å². The standard InChI is InChI=1S/C10H14N4O3/c15-7-11-6-13-9(17)14-2-1-10(5-14)3-8(16)12-4-10/h1-6H2,(H,12,16)(H,13,17). The summed E-state index contributed by atoms with van der Waals surface area (Å²) >= 11 is 0. The average molecular weight is 238 g/mol. The van der Waals surface area contributed by atoms with E-state index in [1.165, 1.54) is 6.08 Å². The molecule has 1 spiro atoms. The Hall–Kier alpha value is -1.88. The summed E-state index contributed by atoms with van der Waals surface area (Å²) in [5.74, 6) is 0.0535. The fraction of sp³-hybridized carbons (Fsp3) is 0.700. The van der Waals surface area contributed by atoms with Crippen molar-refractivity contribution in [3.8, 4) is 0 Å². The van der Waals surface area contributed by atoms with E-state index >= 15 is 0 Å². The highest BCUT2D eigenvalue weighted by atomic mass is 16.2. The second-order valence-electron chi connectivity index (χ2n) is 4.51. The number of hydrogen-bond donors (Lipinski definition) is 2. The molecule has 0 aromatic carbocycles. The Bertz CT molecular complexity index is 391. The van der Waals surface area contributed by atoms with Crippen LogP contribution in [0.25, 0.3) is 0 Å². The average Bonchev–Trinajstić information content (AvgIpc) is 2.87. The first kappa shape index (κ1) is 11.6. The fourth-order valence-corrected chi connectivity index (χ4v) is 2.40. The summed E-state index contributed by atoms with van der Waals surface area (Å²) in [5.41, 5.74) is -0.0949. The Morgan fingerprint density at radius 2 is 2.47 bits per heavy atom. The van der Waals surface area contributed by atoms with E-state index in [4.69, 9.17) is 0 Å². The Labute approximate surface area is 98.3 Å². The minimum absolute atomic E-state index is 0.0526. The van der Waals surface area contributed by atoms with Crippen molar-refractivity contribution in [2.75, 3.05) is 26.3 Å². The van der Waals surface area contributed by atoms with Crippen molar-refractivity contribution in [1.82, 2.24) is 15.5 Å². The van der Waals surface area contributed by atoms with Crippen molar-refractivity contribution in [3.05, 3.63) is 0 Å². The molecule has 2 heterocycles. The lowest BCUT2D eigenvalue weighted by molar-refractivity contribution is -0.119. The van der Waals surface area contributed by atoms with Crippen LogP contribution in [-0.2, 0) is 9.59 Å². The Balaban J connectivity index is 1.87. The molecule has 1 atom stereocenters. The van der Waals surface area contributed by atoms with Crippen molar-refractivity contribution < 1.29 is 14.4 Å². The largest absolute Gasteiger partial charge is 0.355 e. The normalized spacial score (nSPS) is 26.8. The van der Waals surface area contributed by atoms with Gasteiger partial charge in [-0.1, -0.05) is 0 Å². The Morgan fingerprint density at radius 1 is 1.65 bits per heavy atom. The van der Waals surface area contributed by atoms with Crippen LogP contribution in [0.15, 0.2) is 4.99 Å². The minimum Gasteiger partial charge on any atom is -0.355 e. The molecule has 0 aromatic rings. The molecule has 0 bridgehead atoms. The monoisotopic (exact) mass is 238 g/mol. The molecule has 3 amide bonds. The number of nitrogens with zero attached hydrogens (tertiary/aromatic N) is 2. The van der Waals surface area contributed by atoms with Gasteiger partial charge in [0, 0.05) is 31.5 Å². The van der Waals surface area contributed by atoms with E-state index in [2.05, 4.69) is 15.6 Å². The molecule has 1 unspecified atom stereocenters. The first-order chi connectivity index (χ1) is 8.15. The zero-order chi connectivity index (χ0) is 12.3. The quantitative estimate of drug-likeness (QED) is 0.487. The van der Waals surface area contributed by atoms with Gasteiger partial charge < -0.3 is 15.5 Å². The predicted molar refractivity (Wildman–Crippen MR) is 57.8 cm³/mol. The molecule has 2 fully saturated rings. The second kappa shape index (κ2) is 4.55. The van der Waals surface area contributed by atoms with Gasteiger partial charge in [-0.3, -0.25) is 4.79 Å². The van der Waals surface area contributed by atoms with Gasteiger partial charge in [-0.05, 0) is 6.42 Å². The zero-order valence-electron chi connectivity index (χ0n) is 9.36. The lowest BCUT2D eigenvalue weighted by Gasteiger charge is -2.21. The van der Waals surface area contributed by atoms with Gasteiger partial charge in [0.05, 0.1) is 0 Å². The molecule has 7 nitrogen and oxygen atoms in total. The molecule has 0 aromatic heterocycles. The van der Waals surface area contributed by atoms with Gasteiger partial charge in [0.15, 0.2) is 0 Å². The van der Waals surface area contributed by atoms with Gasteiger partial charge in [-0.15, -0.1) is 0 Å². The molecule has 0 saturated carbocycles. The third-order valence-electron chi connectivity index (χ3n) is 3.30. The van der Waals surface area contributed by atoms with Crippen molar-refractivity contribution in [2.24, 2.45) is 10.4 Å². The van der Waals surface area contributed by atoms with Crippen molar-refractivity contribution in [3.63, 3.8) is 0 Å². The van der Waals surface area contributed by atoms with Gasteiger partial charge in [-0.2, -0.15) is 4.99 Å². The lowest BCUT2D eigenvalue weighted by Crippen LogP contribution is -2.40. The maximum atomic E-state index is 11.7. The highest BCUT2D eigenvalue weighted by molar-refractivity contribution is 5.80. The SMILES string of the molecule is O=C=NCNC(=O)N1CCC2(CNC(=O)C2)C1. The first-order valence-electron chi connectivity index (χ1n) is 5.48. The molecule has 7 heteroatoms. The summed E-state index contributed by atoms with van der Waals surface area (Å²) in [6.07, 6.45) is 2.67. The molecule has 2 aliphatic heterocycles. The zero-order valence-corrected chi connectivity index (χ0v) is 9.36. The topological polar surface area (TPSA) is 90.9 Å². The second-order valence-corrected chi connectivity index (χ2v) is 4.51. The molecule has 92 valence electrons. The molecule has 2 saturated heterocycles. The van der Waals surface area contributed by atoms with Crippen LogP contribution in [0.5, 0.6) is 0 Å². The smallest absolute Gasteiger partial charge is 0.318 e. The molecule has 17 heavy (non-hydrogen) atoms. The number of carbonyl (C=O) groups excluding carboxylic acids is 3. The third-order valence-corrected chi connectivity index (χ3v) is 3.30. The van der Waals surface area contributed by atoms with E-state index in [-0.39, 0.29) is 24.0 Å². The van der Waals surface area contributed by atoms with E-state index < -0.39 is 0 Å². The maximum Gasteiger partial charge on any atom is 0.318 e. The maximum absolute atomic E-state index is 11.7. The minimum atomic E-state index is -0.250. The highest BCUT2D eigenvalue weighted by Gasteiger charge is 2.45. The number of nitrogens with one attached hydrogen (secondary N) is 2. The number of isocyanates is 1. The summed E-state index contributed by atoms with van der Waals surface area (Å²) in [5, 5.41) is 5.29. The summed E-state index contributed by atoms with van der Waals surface area (Å²) in [6.45, 7) is 1.79. The molecule has 0 aliphatic carbocycles. The number of aliphatic imine (C=N–C) groups is 1. The predicted octanol–water partition coefficient (Wildman–Crippen LogP) is -0.799. The van der Waals surface area contributed by atoms with E-state index in [9.17, 15) is 14.4 Å². The van der Waals surface area contributed by atoms with Gasteiger partial charge in [0.1, 0.15) is 6.67 Å². The first-order valence-corrected chi connectivity index (χ1v) is 5.48. The van der Waals surface area contributed by atoms with Crippen LogP contribution in [0.4, 0.5) is 4.79 Å². The van der Waals surface area contributed by atoms with Gasteiger partial charge in [-0.25, -0.2) is 9.59 Å². The van der Waals surface area contributed by atoms with Crippen LogP contribution in [0.3, 0.4) is 0 Å². The number of amides is 3. The molecule has 2 aliphatic rings. The molecule has 0 radical (unpaired) electrons. The third kappa shape index (κ3) is 2.45. The van der Waals surface area contributed by atoms with Crippen LogP contribution in [0.1, 0.15) is 12.8 Å². The van der Waals surface area contributed by atoms with Crippen LogP contribution >= 0.6 is 0 Å². The van der Waals surface area contributed by atoms with Crippen molar-refractivity contribution >= 4 is 18.0 Å². The Kier molecular flexibility index (Phi) is 3.10. The summed E-state index contributed by atoms with van der Waals surface area (Å²) in [6, 6.07) is -0.250. The number of rotatable bonds is 2. The van der Waals surface area contributed by atoms with Crippen LogP contribution in [-0.4, -0.2) is 49.2 Å². The van der Waals surface area contributed by atoms with E-state index in [0.29, 0.717) is 26.1 Å². The molecular formula is C10H14N4O3.